The molecule has 0 unspecified atom stereocenters. The first-order valence-corrected chi connectivity index (χ1v) is 5.62. The Labute approximate surface area is 86.5 Å². The Kier molecular flexibility index (Phi) is 2.76. The van der Waals surface area contributed by atoms with Crippen LogP contribution in [-0.4, -0.2) is 6.04 Å². The van der Waals surface area contributed by atoms with Gasteiger partial charge >= 0.3 is 0 Å². The molecule has 1 nitrogen and oxygen atoms in total. The molecule has 1 aromatic carbocycles. The van der Waals surface area contributed by atoms with Gasteiger partial charge in [-0.3, -0.25) is 0 Å². The Hall–Kier alpha value is -0.980. The first-order valence-electron chi connectivity index (χ1n) is 5.62. The van der Waals surface area contributed by atoms with Gasteiger partial charge in [0.2, 0.25) is 0 Å². The second-order valence-corrected chi connectivity index (χ2v) is 4.55. The average molecular weight is 189 g/mol. The molecule has 0 aliphatic heterocycles. The molecule has 1 aliphatic carbocycles. The summed E-state index contributed by atoms with van der Waals surface area (Å²) in [6.07, 6.45) is 4.07. The summed E-state index contributed by atoms with van der Waals surface area (Å²) in [5, 5.41) is 3.57. The molecule has 0 radical (unpaired) electrons. The molecule has 2 rings (SSSR count). The normalized spacial score (nSPS) is 16.8. The highest BCUT2D eigenvalue weighted by molar-refractivity contribution is 5.47. The number of benzene rings is 1. The highest BCUT2D eigenvalue weighted by atomic mass is 14.9. The van der Waals surface area contributed by atoms with E-state index in [1.54, 1.807) is 0 Å². The summed E-state index contributed by atoms with van der Waals surface area (Å²) in [7, 11) is 0. The van der Waals surface area contributed by atoms with E-state index in [9.17, 15) is 0 Å². The average Bonchev–Trinajstić information content (AvgIpc) is 2.12. The molecular weight excluding hydrogens is 170 g/mol. The van der Waals surface area contributed by atoms with Crippen LogP contribution >= 0.6 is 0 Å². The van der Waals surface area contributed by atoms with Gasteiger partial charge < -0.3 is 5.32 Å². The summed E-state index contributed by atoms with van der Waals surface area (Å²) in [4.78, 5) is 0. The smallest absolute Gasteiger partial charge is 0.0345 e. The van der Waals surface area contributed by atoms with Gasteiger partial charge in [-0.15, -0.1) is 0 Å². The summed E-state index contributed by atoms with van der Waals surface area (Å²) in [6.45, 7) is 4.48. The number of anilines is 1. The SMILES string of the molecule is CC(C)c1cccc(NC2CCC2)c1. The van der Waals surface area contributed by atoms with Gasteiger partial charge in [-0.2, -0.15) is 0 Å². The minimum absolute atomic E-state index is 0.623. The maximum atomic E-state index is 3.57. The standard InChI is InChI=1S/C13H19N/c1-10(2)11-5-3-8-13(9-11)14-12-6-4-7-12/h3,5,8-10,12,14H,4,6-7H2,1-2H3. The van der Waals surface area contributed by atoms with Crippen LogP contribution in [0, 0.1) is 0 Å². The fourth-order valence-electron chi connectivity index (χ4n) is 1.78. The first kappa shape index (κ1) is 9.57. The van der Waals surface area contributed by atoms with Gasteiger partial charge in [0.15, 0.2) is 0 Å². The van der Waals surface area contributed by atoms with Crippen LogP contribution in [0.5, 0.6) is 0 Å². The van der Waals surface area contributed by atoms with Crippen LogP contribution < -0.4 is 5.32 Å². The Bertz CT molecular complexity index is 300. The maximum absolute atomic E-state index is 3.57. The van der Waals surface area contributed by atoms with Crippen molar-refractivity contribution >= 4 is 5.69 Å². The molecule has 0 spiro atoms. The molecule has 0 aromatic heterocycles. The summed E-state index contributed by atoms with van der Waals surface area (Å²) < 4.78 is 0. The van der Waals surface area contributed by atoms with Gasteiger partial charge in [-0.05, 0) is 42.9 Å². The van der Waals surface area contributed by atoms with E-state index >= 15 is 0 Å². The largest absolute Gasteiger partial charge is 0.382 e. The molecule has 1 aromatic rings. The van der Waals surface area contributed by atoms with Crippen LogP contribution in [0.15, 0.2) is 24.3 Å². The Balaban J connectivity index is 2.05. The maximum Gasteiger partial charge on any atom is 0.0345 e. The summed E-state index contributed by atoms with van der Waals surface area (Å²) in [6, 6.07) is 9.54. The van der Waals surface area contributed by atoms with Crippen LogP contribution in [-0.2, 0) is 0 Å². The van der Waals surface area contributed by atoms with Gasteiger partial charge in [0.1, 0.15) is 0 Å². The van der Waals surface area contributed by atoms with Gasteiger partial charge in [-0.1, -0.05) is 26.0 Å². The van der Waals surface area contributed by atoms with Crippen LogP contribution in [0.3, 0.4) is 0 Å². The van der Waals surface area contributed by atoms with Gasteiger partial charge in [0.05, 0.1) is 0 Å². The van der Waals surface area contributed by atoms with Crippen molar-refractivity contribution in [3.63, 3.8) is 0 Å². The minimum atomic E-state index is 0.623. The lowest BCUT2D eigenvalue weighted by molar-refractivity contribution is 0.445. The van der Waals surface area contributed by atoms with E-state index in [0.29, 0.717) is 5.92 Å². The zero-order chi connectivity index (χ0) is 9.97. The zero-order valence-electron chi connectivity index (χ0n) is 9.09. The van der Waals surface area contributed by atoms with Crippen LogP contribution in [0.1, 0.15) is 44.6 Å². The molecule has 0 bridgehead atoms. The van der Waals surface area contributed by atoms with E-state index < -0.39 is 0 Å². The van der Waals surface area contributed by atoms with Crippen molar-refractivity contribution in [2.75, 3.05) is 5.32 Å². The van der Waals surface area contributed by atoms with Crippen molar-refractivity contribution in [3.8, 4) is 0 Å². The third-order valence-corrected chi connectivity index (χ3v) is 3.03. The van der Waals surface area contributed by atoms with Gasteiger partial charge in [-0.25, -0.2) is 0 Å². The van der Waals surface area contributed by atoms with E-state index in [1.807, 2.05) is 0 Å². The molecule has 0 heterocycles. The molecule has 14 heavy (non-hydrogen) atoms. The molecular formula is C13H19N. The minimum Gasteiger partial charge on any atom is -0.382 e. The number of rotatable bonds is 3. The van der Waals surface area contributed by atoms with E-state index in [4.69, 9.17) is 0 Å². The van der Waals surface area contributed by atoms with Crippen molar-refractivity contribution in [2.24, 2.45) is 0 Å². The lowest BCUT2D eigenvalue weighted by Gasteiger charge is -2.27. The van der Waals surface area contributed by atoms with Gasteiger partial charge in [0.25, 0.3) is 0 Å². The van der Waals surface area contributed by atoms with Crippen LogP contribution in [0.2, 0.25) is 0 Å². The summed E-state index contributed by atoms with van der Waals surface area (Å²) in [5.74, 6) is 0.623. The predicted molar refractivity (Wildman–Crippen MR) is 61.8 cm³/mol. The zero-order valence-corrected chi connectivity index (χ0v) is 9.09. The summed E-state index contributed by atoms with van der Waals surface area (Å²) in [5.41, 5.74) is 2.72. The predicted octanol–water partition coefficient (Wildman–Crippen LogP) is 3.77. The molecule has 76 valence electrons. The molecule has 1 heteroatoms. The Morgan fingerprint density at radius 2 is 2.07 bits per heavy atom. The van der Waals surface area contributed by atoms with Crippen molar-refractivity contribution in [1.29, 1.82) is 0 Å². The number of hydrogen-bond donors (Lipinski definition) is 1. The van der Waals surface area contributed by atoms with E-state index in [2.05, 4.69) is 43.4 Å². The highest BCUT2D eigenvalue weighted by Gasteiger charge is 2.16. The van der Waals surface area contributed by atoms with Crippen molar-refractivity contribution in [2.45, 2.75) is 45.1 Å². The van der Waals surface area contributed by atoms with Crippen molar-refractivity contribution < 1.29 is 0 Å². The molecule has 1 N–H and O–H groups in total. The van der Waals surface area contributed by atoms with Crippen LogP contribution in [0.4, 0.5) is 5.69 Å². The van der Waals surface area contributed by atoms with Crippen molar-refractivity contribution in [3.05, 3.63) is 29.8 Å². The molecule has 1 aliphatic rings. The topological polar surface area (TPSA) is 12.0 Å². The van der Waals surface area contributed by atoms with Crippen LogP contribution in [0.25, 0.3) is 0 Å². The number of hydrogen-bond acceptors (Lipinski definition) is 1. The fourth-order valence-corrected chi connectivity index (χ4v) is 1.78. The second kappa shape index (κ2) is 4.04. The molecule has 1 fully saturated rings. The third-order valence-electron chi connectivity index (χ3n) is 3.03. The molecule has 0 atom stereocenters. The second-order valence-electron chi connectivity index (χ2n) is 4.55. The highest BCUT2D eigenvalue weighted by Crippen LogP contribution is 2.25. The molecule has 0 amide bonds. The first-order chi connectivity index (χ1) is 6.75. The molecule has 1 saturated carbocycles. The lowest BCUT2D eigenvalue weighted by Crippen LogP contribution is -2.26. The van der Waals surface area contributed by atoms with E-state index in [0.717, 1.165) is 6.04 Å². The Morgan fingerprint density at radius 3 is 2.64 bits per heavy atom. The quantitative estimate of drug-likeness (QED) is 0.763. The fraction of sp³-hybridized carbons (Fsp3) is 0.538. The lowest BCUT2D eigenvalue weighted by atomic mass is 9.92. The molecule has 0 saturated heterocycles. The summed E-state index contributed by atoms with van der Waals surface area (Å²) >= 11 is 0. The third kappa shape index (κ3) is 2.09. The van der Waals surface area contributed by atoms with E-state index in [-0.39, 0.29) is 0 Å². The monoisotopic (exact) mass is 189 g/mol. The van der Waals surface area contributed by atoms with Crippen molar-refractivity contribution in [1.82, 2.24) is 0 Å². The van der Waals surface area contributed by atoms with E-state index in [1.165, 1.54) is 30.5 Å². The Morgan fingerprint density at radius 1 is 1.29 bits per heavy atom. The number of nitrogens with one attached hydrogen (secondary N) is 1. The van der Waals surface area contributed by atoms with Gasteiger partial charge in [0, 0.05) is 11.7 Å².